The average Bonchev–Trinajstić information content (AvgIpc) is 3.70. The summed E-state index contributed by atoms with van der Waals surface area (Å²) in [5, 5.41) is 2.17. The fourth-order valence-corrected chi connectivity index (χ4v) is 7.87. The molecule has 0 fully saturated rings. The highest BCUT2D eigenvalue weighted by molar-refractivity contribution is 6.13. The van der Waals surface area contributed by atoms with Crippen LogP contribution in [-0.4, -0.2) is 15.0 Å². The predicted octanol–water partition coefficient (Wildman–Crippen LogP) is 12.4. The maximum absolute atomic E-state index is 6.57. The highest BCUT2D eigenvalue weighted by atomic mass is 16.3. The summed E-state index contributed by atoms with van der Waals surface area (Å²) in [5.41, 5.74) is 14.3. The molecule has 0 amide bonds. The van der Waals surface area contributed by atoms with Gasteiger partial charge in [-0.15, -0.1) is 0 Å². The average molecular weight is 668 g/mol. The molecule has 0 aliphatic heterocycles. The van der Waals surface area contributed by atoms with E-state index in [1.807, 2.05) is 36.4 Å². The SMILES string of the molecule is CC1(C)c2ccccc2-c2ccc(-c3cccc4oc5cc(-c6nc(-c7ccccc7)nc(-c7ccc(-c8ccccc8)cc7)n6)ccc5c34)cc21. The maximum atomic E-state index is 6.57. The zero-order chi connectivity index (χ0) is 34.8. The van der Waals surface area contributed by atoms with Gasteiger partial charge in [-0.25, -0.2) is 15.0 Å². The molecule has 0 bridgehead atoms. The van der Waals surface area contributed by atoms with E-state index >= 15 is 0 Å². The van der Waals surface area contributed by atoms with E-state index in [9.17, 15) is 0 Å². The van der Waals surface area contributed by atoms with Gasteiger partial charge in [0, 0.05) is 32.9 Å². The fraction of sp³-hybridized carbons (Fsp3) is 0.0625. The zero-order valence-electron chi connectivity index (χ0n) is 28.8. The van der Waals surface area contributed by atoms with Crippen LogP contribution in [0, 0.1) is 0 Å². The minimum absolute atomic E-state index is 0.0743. The summed E-state index contributed by atoms with van der Waals surface area (Å²) in [7, 11) is 0. The number of benzene rings is 7. The maximum Gasteiger partial charge on any atom is 0.164 e. The van der Waals surface area contributed by atoms with Crippen molar-refractivity contribution < 1.29 is 4.42 Å². The Labute approximate surface area is 302 Å². The van der Waals surface area contributed by atoms with Crippen LogP contribution < -0.4 is 0 Å². The second-order valence-corrected chi connectivity index (χ2v) is 14.0. The van der Waals surface area contributed by atoms with Gasteiger partial charge in [0.25, 0.3) is 0 Å². The van der Waals surface area contributed by atoms with E-state index in [-0.39, 0.29) is 5.41 Å². The first-order chi connectivity index (χ1) is 25.5. The van der Waals surface area contributed by atoms with E-state index in [2.05, 4.69) is 141 Å². The Morgan fingerprint density at radius 1 is 0.385 bits per heavy atom. The highest BCUT2D eigenvalue weighted by Gasteiger charge is 2.35. The normalized spacial score (nSPS) is 13.0. The van der Waals surface area contributed by atoms with E-state index in [4.69, 9.17) is 19.4 Å². The summed E-state index contributed by atoms with van der Waals surface area (Å²) in [6, 6.07) is 57.2. The fourth-order valence-electron chi connectivity index (χ4n) is 7.87. The molecule has 2 aromatic heterocycles. The van der Waals surface area contributed by atoms with E-state index in [0.29, 0.717) is 17.5 Å². The monoisotopic (exact) mass is 667 g/mol. The van der Waals surface area contributed by atoms with E-state index in [1.54, 1.807) is 0 Å². The van der Waals surface area contributed by atoms with Crippen LogP contribution in [0.1, 0.15) is 25.0 Å². The lowest BCUT2D eigenvalue weighted by Gasteiger charge is -2.22. The van der Waals surface area contributed by atoms with Gasteiger partial charge in [0.1, 0.15) is 11.2 Å². The lowest BCUT2D eigenvalue weighted by atomic mass is 9.81. The lowest BCUT2D eigenvalue weighted by Crippen LogP contribution is -2.14. The Hall–Kier alpha value is -6.65. The molecule has 52 heavy (non-hydrogen) atoms. The first-order valence-corrected chi connectivity index (χ1v) is 17.7. The van der Waals surface area contributed by atoms with Gasteiger partial charge in [-0.05, 0) is 68.8 Å². The largest absolute Gasteiger partial charge is 0.456 e. The van der Waals surface area contributed by atoms with Crippen molar-refractivity contribution in [2.24, 2.45) is 0 Å². The van der Waals surface area contributed by atoms with Crippen LogP contribution in [0.5, 0.6) is 0 Å². The lowest BCUT2D eigenvalue weighted by molar-refractivity contribution is 0.660. The molecule has 0 N–H and O–H groups in total. The van der Waals surface area contributed by atoms with Gasteiger partial charge in [0.05, 0.1) is 0 Å². The van der Waals surface area contributed by atoms with Gasteiger partial charge in [-0.3, -0.25) is 0 Å². The molecule has 246 valence electrons. The number of aromatic nitrogens is 3. The molecule has 0 atom stereocenters. The zero-order valence-corrected chi connectivity index (χ0v) is 28.8. The van der Waals surface area contributed by atoms with Crippen LogP contribution in [0.2, 0.25) is 0 Å². The number of fused-ring (bicyclic) bond motifs is 6. The molecule has 4 nitrogen and oxygen atoms in total. The Morgan fingerprint density at radius 3 is 1.67 bits per heavy atom. The van der Waals surface area contributed by atoms with Crippen LogP contribution in [0.3, 0.4) is 0 Å². The third-order valence-corrected chi connectivity index (χ3v) is 10.6. The summed E-state index contributed by atoms with van der Waals surface area (Å²) >= 11 is 0. The summed E-state index contributed by atoms with van der Waals surface area (Å²) in [6.07, 6.45) is 0. The molecule has 0 saturated heterocycles. The minimum atomic E-state index is -0.0743. The van der Waals surface area contributed by atoms with Crippen molar-refractivity contribution in [2.45, 2.75) is 19.3 Å². The minimum Gasteiger partial charge on any atom is -0.456 e. The van der Waals surface area contributed by atoms with Crippen molar-refractivity contribution in [3.05, 3.63) is 175 Å². The smallest absolute Gasteiger partial charge is 0.164 e. The Morgan fingerprint density at radius 2 is 0.923 bits per heavy atom. The number of nitrogens with zero attached hydrogens (tertiary/aromatic N) is 3. The van der Waals surface area contributed by atoms with Gasteiger partial charge in [-0.2, -0.15) is 0 Å². The van der Waals surface area contributed by atoms with Crippen LogP contribution in [0.15, 0.2) is 168 Å². The third kappa shape index (κ3) is 4.87. The molecule has 0 spiro atoms. The van der Waals surface area contributed by atoms with Crippen LogP contribution in [-0.2, 0) is 5.41 Å². The number of rotatable bonds is 5. The molecule has 7 aromatic carbocycles. The molecule has 0 radical (unpaired) electrons. The Balaban J connectivity index is 1.08. The van der Waals surface area contributed by atoms with Crippen molar-refractivity contribution in [1.29, 1.82) is 0 Å². The van der Waals surface area contributed by atoms with Gasteiger partial charge < -0.3 is 4.42 Å². The van der Waals surface area contributed by atoms with Gasteiger partial charge in [-0.1, -0.05) is 153 Å². The summed E-state index contributed by atoms with van der Waals surface area (Å²) in [4.78, 5) is 15.0. The van der Waals surface area contributed by atoms with Gasteiger partial charge in [0.15, 0.2) is 17.5 Å². The molecule has 9 aromatic rings. The van der Waals surface area contributed by atoms with E-state index in [0.717, 1.165) is 49.8 Å². The summed E-state index contributed by atoms with van der Waals surface area (Å²) in [5.74, 6) is 1.84. The van der Waals surface area contributed by atoms with Crippen LogP contribution >= 0.6 is 0 Å². The molecular formula is C48H33N3O. The standard InChI is InChI=1S/C48H33N3O/c1-48(2)40-18-10-9-16-37(40)38-26-24-34(28-41(38)48)36-17-11-19-42-44(36)39-27-25-35(29-43(39)52-42)47-50-45(32-14-7-4-8-15-32)49-46(51-47)33-22-20-31(21-23-33)30-12-5-3-6-13-30/h3-29H,1-2H3. The Kier molecular flexibility index (Phi) is 6.80. The van der Waals surface area contributed by atoms with Gasteiger partial charge in [0.2, 0.25) is 0 Å². The number of hydrogen-bond acceptors (Lipinski definition) is 4. The first-order valence-electron chi connectivity index (χ1n) is 17.7. The molecule has 0 unspecified atom stereocenters. The topological polar surface area (TPSA) is 51.8 Å². The third-order valence-electron chi connectivity index (χ3n) is 10.6. The predicted molar refractivity (Wildman–Crippen MR) is 212 cm³/mol. The molecule has 0 saturated carbocycles. The van der Waals surface area contributed by atoms with Crippen molar-refractivity contribution in [3.63, 3.8) is 0 Å². The number of furan rings is 1. The highest BCUT2D eigenvalue weighted by Crippen LogP contribution is 2.50. The van der Waals surface area contributed by atoms with E-state index < -0.39 is 0 Å². The second kappa shape index (κ2) is 11.7. The number of hydrogen-bond donors (Lipinski definition) is 0. The Bertz CT molecular complexity index is 2800. The van der Waals surface area contributed by atoms with Crippen molar-refractivity contribution in [2.75, 3.05) is 0 Å². The van der Waals surface area contributed by atoms with Crippen LogP contribution in [0.4, 0.5) is 0 Å². The molecule has 2 heterocycles. The van der Waals surface area contributed by atoms with E-state index in [1.165, 1.54) is 33.4 Å². The molecule has 1 aliphatic carbocycles. The quantitative estimate of drug-likeness (QED) is 0.183. The van der Waals surface area contributed by atoms with Gasteiger partial charge >= 0.3 is 0 Å². The second-order valence-electron chi connectivity index (χ2n) is 14.0. The van der Waals surface area contributed by atoms with Crippen molar-refractivity contribution in [1.82, 2.24) is 15.0 Å². The van der Waals surface area contributed by atoms with Crippen molar-refractivity contribution >= 4 is 21.9 Å². The van der Waals surface area contributed by atoms with Crippen LogP contribution in [0.25, 0.3) is 89.5 Å². The molecule has 10 rings (SSSR count). The molecular weight excluding hydrogens is 635 g/mol. The molecule has 4 heteroatoms. The summed E-state index contributed by atoms with van der Waals surface area (Å²) < 4.78 is 6.57. The first kappa shape index (κ1) is 30.2. The molecule has 1 aliphatic rings. The van der Waals surface area contributed by atoms with Crippen molar-refractivity contribution in [3.8, 4) is 67.5 Å². The summed E-state index contributed by atoms with van der Waals surface area (Å²) in [6.45, 7) is 4.65.